The number of rotatable bonds is 6. The summed E-state index contributed by atoms with van der Waals surface area (Å²) in [5.74, 6) is 0.0956. The van der Waals surface area contributed by atoms with Gasteiger partial charge in [0.15, 0.2) is 0 Å². The number of nitrogens with zero attached hydrogens (tertiary/aromatic N) is 3. The molecular weight excluding hydrogens is 527 g/mol. The van der Waals surface area contributed by atoms with Gasteiger partial charge in [-0.15, -0.1) is 0 Å². The molecular formula is C22H31F5N4O5S. The zero-order valence-electron chi connectivity index (χ0n) is 20.9. The number of hydrogen-bond donors (Lipinski definition) is 1. The summed E-state index contributed by atoms with van der Waals surface area (Å²) in [4.78, 5) is 11.5. The molecule has 210 valence electrons. The summed E-state index contributed by atoms with van der Waals surface area (Å²) in [6.45, 7) is 3.66. The monoisotopic (exact) mass is 558 g/mol. The fraction of sp³-hybridized carbons (Fsp3) is 0.545. The van der Waals surface area contributed by atoms with Gasteiger partial charge in [0.1, 0.15) is 17.3 Å². The molecule has 1 N–H and O–H groups in total. The quantitative estimate of drug-likeness (QED) is 0.429. The van der Waals surface area contributed by atoms with Crippen LogP contribution >= 0.6 is 0 Å². The van der Waals surface area contributed by atoms with E-state index in [1.54, 1.807) is 0 Å². The van der Waals surface area contributed by atoms with Gasteiger partial charge in [-0.25, -0.2) is 17.9 Å². The number of unbranched alkanes of at least 4 members (excludes halogenated alkanes) is 1. The van der Waals surface area contributed by atoms with Crippen molar-refractivity contribution in [2.45, 2.75) is 70.7 Å². The van der Waals surface area contributed by atoms with Crippen LogP contribution in [0.2, 0.25) is 0 Å². The molecule has 9 nitrogen and oxygen atoms in total. The number of sulfonamides is 1. The maximum atomic E-state index is 13.2. The molecule has 0 spiro atoms. The maximum absolute atomic E-state index is 13.2. The number of ether oxygens (including phenoxy) is 2. The van der Waals surface area contributed by atoms with E-state index >= 15 is 0 Å². The first kappa shape index (κ1) is 30.1. The van der Waals surface area contributed by atoms with Crippen LogP contribution in [0.1, 0.15) is 54.2 Å². The van der Waals surface area contributed by atoms with Gasteiger partial charge in [-0.3, -0.25) is 9.62 Å². The molecule has 0 bridgehead atoms. The van der Waals surface area contributed by atoms with E-state index in [1.165, 1.54) is 31.9 Å². The summed E-state index contributed by atoms with van der Waals surface area (Å²) in [5.41, 5.74) is -3.07. The Bertz CT molecular complexity index is 1200. The van der Waals surface area contributed by atoms with E-state index in [2.05, 4.69) is 29.0 Å². The number of aryl methyl sites for hydroxylation is 1. The van der Waals surface area contributed by atoms with Crippen molar-refractivity contribution in [2.24, 2.45) is 0 Å². The molecule has 37 heavy (non-hydrogen) atoms. The van der Waals surface area contributed by atoms with Crippen molar-refractivity contribution in [1.29, 1.82) is 0 Å². The van der Waals surface area contributed by atoms with Gasteiger partial charge in [0, 0.05) is 7.11 Å². The zero-order valence-corrected chi connectivity index (χ0v) is 21.7. The Kier molecular flexibility index (Phi) is 9.38. The SMILES string of the molecule is CCCC.Cc1nn(C(F)F)cc1S(=O)(=O)N1CCOc2ccc(NC(=O)OC(C)(C)C(F)(F)F)cc21.[HH]. The van der Waals surface area contributed by atoms with Crippen LogP contribution < -0.4 is 14.4 Å². The number of benzene rings is 1. The molecule has 15 heteroatoms. The van der Waals surface area contributed by atoms with Crippen molar-refractivity contribution in [1.82, 2.24) is 9.78 Å². The third kappa shape index (κ3) is 7.02. The smallest absolute Gasteiger partial charge is 0.427 e. The highest BCUT2D eigenvalue weighted by molar-refractivity contribution is 7.92. The fourth-order valence-electron chi connectivity index (χ4n) is 2.89. The molecule has 0 fully saturated rings. The number of carbonyl (C=O) groups excluding carboxylic acids is 1. The van der Waals surface area contributed by atoms with E-state index in [9.17, 15) is 35.2 Å². The van der Waals surface area contributed by atoms with Gasteiger partial charge in [0.25, 0.3) is 10.0 Å². The average Bonchev–Trinajstić information content (AvgIpc) is 3.20. The van der Waals surface area contributed by atoms with E-state index in [0.29, 0.717) is 20.0 Å². The van der Waals surface area contributed by atoms with Crippen LogP contribution in [-0.4, -0.2) is 49.2 Å². The minimum atomic E-state index is -4.82. The molecule has 1 aliphatic rings. The standard InChI is InChI=1S/C18H19F5N4O5S.C4H10.H2/c1-10-14(9-26(25-10)15(19)20)33(29,30)27-6-7-31-13-5-4-11(8-12(13)27)24-16(28)32-17(2,3)18(21,22)23;1-3-4-2;/h4-5,8-9,15H,6-7H2,1-3H3,(H,24,28);3-4H2,1-2H3;1H. The number of alkyl halides is 5. The second kappa shape index (κ2) is 11.5. The van der Waals surface area contributed by atoms with Crippen molar-refractivity contribution in [3.8, 4) is 5.75 Å². The van der Waals surface area contributed by atoms with Crippen LogP contribution in [0.5, 0.6) is 5.75 Å². The van der Waals surface area contributed by atoms with Crippen LogP contribution in [-0.2, 0) is 14.8 Å². The Morgan fingerprint density at radius 1 is 1.24 bits per heavy atom. The molecule has 0 saturated heterocycles. The van der Waals surface area contributed by atoms with Crippen LogP contribution in [0.3, 0.4) is 0 Å². The van der Waals surface area contributed by atoms with Gasteiger partial charge in [0.05, 0.1) is 24.1 Å². The predicted octanol–water partition coefficient (Wildman–Crippen LogP) is 6.12. The first-order valence-electron chi connectivity index (χ1n) is 11.2. The largest absolute Gasteiger partial charge is 0.489 e. The van der Waals surface area contributed by atoms with Crippen LogP contribution in [0, 0.1) is 6.92 Å². The molecule has 0 aliphatic carbocycles. The highest BCUT2D eigenvalue weighted by Crippen LogP contribution is 2.38. The van der Waals surface area contributed by atoms with Crippen molar-refractivity contribution < 1.29 is 46.1 Å². The topological polar surface area (TPSA) is 103 Å². The van der Waals surface area contributed by atoms with Gasteiger partial charge in [-0.2, -0.15) is 27.1 Å². The van der Waals surface area contributed by atoms with E-state index in [1.807, 2.05) is 0 Å². The maximum Gasteiger partial charge on any atom is 0.427 e. The van der Waals surface area contributed by atoms with E-state index in [-0.39, 0.29) is 42.1 Å². The Morgan fingerprint density at radius 2 is 1.86 bits per heavy atom. The fourth-order valence-corrected chi connectivity index (χ4v) is 4.50. The number of carbonyl (C=O) groups is 1. The zero-order chi connectivity index (χ0) is 28.2. The van der Waals surface area contributed by atoms with Gasteiger partial charge < -0.3 is 9.47 Å². The second-order valence-electron chi connectivity index (χ2n) is 8.47. The summed E-state index contributed by atoms with van der Waals surface area (Å²) < 4.78 is 102. The molecule has 2 heterocycles. The Morgan fingerprint density at radius 3 is 2.38 bits per heavy atom. The van der Waals surface area contributed by atoms with Crippen LogP contribution in [0.4, 0.5) is 38.1 Å². The Hall–Kier alpha value is -3.10. The molecule has 0 unspecified atom stereocenters. The first-order chi connectivity index (χ1) is 17.0. The number of anilines is 2. The minimum absolute atomic E-state index is 0. The molecule has 0 radical (unpaired) electrons. The molecule has 2 aromatic rings. The normalized spacial score (nSPS) is 13.9. The predicted molar refractivity (Wildman–Crippen MR) is 128 cm³/mol. The van der Waals surface area contributed by atoms with Gasteiger partial charge in [-0.1, -0.05) is 26.7 Å². The summed E-state index contributed by atoms with van der Waals surface area (Å²) in [5, 5.41) is 5.61. The number of amides is 1. The summed E-state index contributed by atoms with van der Waals surface area (Å²) in [6, 6.07) is 3.73. The van der Waals surface area contributed by atoms with E-state index in [0.717, 1.165) is 10.4 Å². The van der Waals surface area contributed by atoms with Crippen LogP contribution in [0.25, 0.3) is 0 Å². The number of halogens is 5. The number of fused-ring (bicyclic) bond motifs is 1. The van der Waals surface area contributed by atoms with Crippen molar-refractivity contribution in [3.05, 3.63) is 30.1 Å². The molecule has 3 rings (SSSR count). The third-order valence-corrected chi connectivity index (χ3v) is 7.11. The highest BCUT2D eigenvalue weighted by Gasteiger charge is 2.51. The molecule has 1 amide bonds. The number of aromatic nitrogens is 2. The molecule has 0 atom stereocenters. The van der Waals surface area contributed by atoms with E-state index < -0.39 is 39.3 Å². The third-order valence-electron chi connectivity index (χ3n) is 5.20. The lowest BCUT2D eigenvalue weighted by atomic mass is 10.1. The lowest BCUT2D eigenvalue weighted by molar-refractivity contribution is -0.242. The molecule has 1 aromatic carbocycles. The van der Waals surface area contributed by atoms with Gasteiger partial charge in [-0.05, 0) is 39.0 Å². The molecule has 0 saturated carbocycles. The summed E-state index contributed by atoms with van der Waals surface area (Å²) in [7, 11) is -4.37. The lowest BCUT2D eigenvalue weighted by Gasteiger charge is -2.31. The second-order valence-corrected chi connectivity index (χ2v) is 10.3. The Labute approximate surface area is 213 Å². The lowest BCUT2D eigenvalue weighted by Crippen LogP contribution is -2.44. The molecule has 1 aliphatic heterocycles. The van der Waals surface area contributed by atoms with Crippen molar-refractivity contribution >= 4 is 27.5 Å². The number of nitrogens with one attached hydrogen (secondary N) is 1. The first-order valence-corrected chi connectivity index (χ1v) is 12.7. The van der Waals surface area contributed by atoms with Crippen LogP contribution in [0.15, 0.2) is 29.3 Å². The Balaban J connectivity index is 0.00000135. The summed E-state index contributed by atoms with van der Waals surface area (Å²) >= 11 is 0. The number of hydrogen-bond acceptors (Lipinski definition) is 6. The minimum Gasteiger partial charge on any atom is -0.489 e. The van der Waals surface area contributed by atoms with Crippen molar-refractivity contribution in [2.75, 3.05) is 22.8 Å². The average molecular weight is 559 g/mol. The van der Waals surface area contributed by atoms with Gasteiger partial charge in [0.2, 0.25) is 5.60 Å². The molecule has 1 aromatic heterocycles. The van der Waals surface area contributed by atoms with Gasteiger partial charge >= 0.3 is 18.8 Å². The van der Waals surface area contributed by atoms with Crippen molar-refractivity contribution in [3.63, 3.8) is 0 Å². The van der Waals surface area contributed by atoms with E-state index in [4.69, 9.17) is 4.74 Å². The highest BCUT2D eigenvalue weighted by atomic mass is 32.2. The summed E-state index contributed by atoms with van der Waals surface area (Å²) in [6.07, 6.45) is -2.90.